The van der Waals surface area contributed by atoms with Crippen LogP contribution in [0.2, 0.25) is 0 Å². The van der Waals surface area contributed by atoms with E-state index in [1.807, 2.05) is 0 Å². The van der Waals surface area contributed by atoms with Crippen LogP contribution in [-0.2, 0) is 12.8 Å². The van der Waals surface area contributed by atoms with E-state index < -0.39 is 22.1 Å². The first-order valence-electron chi connectivity index (χ1n) is 10.8. The van der Waals surface area contributed by atoms with Gasteiger partial charge in [0.05, 0.1) is 21.3 Å². The first-order chi connectivity index (χ1) is 16.0. The number of fused-ring (bicyclic) bond motifs is 5. The Labute approximate surface area is 186 Å². The molecule has 0 bridgehead atoms. The zero-order valence-electron chi connectivity index (χ0n) is 17.5. The van der Waals surface area contributed by atoms with Gasteiger partial charge in [-0.15, -0.1) is 0 Å². The smallest absolute Gasteiger partial charge is 0.279 e. The quantitative estimate of drug-likeness (QED) is 0.332. The van der Waals surface area contributed by atoms with Gasteiger partial charge in [-0.1, -0.05) is 24.3 Å². The van der Waals surface area contributed by atoms with Crippen LogP contribution >= 0.6 is 0 Å². The Balaban J connectivity index is 1.81. The molecule has 0 amide bonds. The fraction of sp³-hybridized carbons (Fsp3) is 0.208. The molecule has 1 atom stereocenters. The highest BCUT2D eigenvalue weighted by Crippen LogP contribution is 2.44. The average Bonchev–Trinajstić information content (AvgIpc) is 3.18. The first-order valence-corrected chi connectivity index (χ1v) is 10.8. The molecule has 1 unspecified atom stereocenters. The van der Waals surface area contributed by atoms with E-state index in [-0.39, 0.29) is 27.8 Å². The third-order valence-electron chi connectivity index (χ3n) is 6.69. The minimum Gasteiger partial charge on any atom is -0.398 e. The van der Waals surface area contributed by atoms with Crippen molar-refractivity contribution in [2.75, 3.05) is 5.73 Å². The molecule has 1 aliphatic heterocycles. The number of benzene rings is 2. The number of hydrogen-bond acceptors (Lipinski definition) is 6. The summed E-state index contributed by atoms with van der Waals surface area (Å²) in [5.74, 6) is 0.282. The molecule has 2 aliphatic rings. The number of nitrogen functional groups attached to an aromatic ring is 1. The topological polar surface area (TPSA) is 126 Å². The van der Waals surface area contributed by atoms with Crippen molar-refractivity contribution < 1.29 is 4.92 Å². The summed E-state index contributed by atoms with van der Waals surface area (Å²) in [6, 6.07) is 11.9. The van der Waals surface area contributed by atoms with Crippen molar-refractivity contribution in [2.45, 2.75) is 31.7 Å². The van der Waals surface area contributed by atoms with Gasteiger partial charge in [0.1, 0.15) is 6.04 Å². The number of pyridine rings is 1. The highest BCUT2D eigenvalue weighted by atomic mass is 16.6. The molecule has 2 aromatic carbocycles. The zero-order chi connectivity index (χ0) is 22.9. The minimum absolute atomic E-state index is 0.147. The number of nitro benzene ring substituents is 1. The largest absolute Gasteiger partial charge is 0.398 e. The van der Waals surface area contributed by atoms with Crippen molar-refractivity contribution in [3.05, 3.63) is 102 Å². The Morgan fingerprint density at radius 2 is 1.64 bits per heavy atom. The molecule has 164 valence electrons. The number of hydrogen-bond donors (Lipinski definition) is 1. The van der Waals surface area contributed by atoms with Crippen molar-refractivity contribution in [2.24, 2.45) is 0 Å². The van der Waals surface area contributed by atoms with E-state index in [1.54, 1.807) is 42.5 Å². The molecule has 2 aromatic heterocycles. The summed E-state index contributed by atoms with van der Waals surface area (Å²) in [7, 11) is 0. The fourth-order valence-electron chi connectivity index (χ4n) is 5.21. The Morgan fingerprint density at radius 1 is 0.970 bits per heavy atom. The third-order valence-corrected chi connectivity index (χ3v) is 6.69. The fourth-order valence-corrected chi connectivity index (χ4v) is 5.21. The number of para-hydroxylation sites is 1. The minimum atomic E-state index is -0.939. The molecular formula is C24H19N5O4. The molecule has 3 heterocycles. The number of aromatic nitrogens is 3. The van der Waals surface area contributed by atoms with E-state index in [2.05, 4.69) is 0 Å². The molecule has 0 radical (unpaired) electrons. The molecule has 1 aliphatic carbocycles. The van der Waals surface area contributed by atoms with Crippen LogP contribution in [0.5, 0.6) is 0 Å². The summed E-state index contributed by atoms with van der Waals surface area (Å²) in [4.78, 5) is 43.5. The van der Waals surface area contributed by atoms with Crippen molar-refractivity contribution in [3.8, 4) is 5.82 Å². The van der Waals surface area contributed by atoms with E-state index in [1.165, 1.54) is 15.4 Å². The van der Waals surface area contributed by atoms with Crippen LogP contribution in [0.4, 0.5) is 11.4 Å². The molecule has 0 saturated heterocycles. The van der Waals surface area contributed by atoms with Crippen LogP contribution in [0.15, 0.2) is 58.1 Å². The molecular weight excluding hydrogens is 422 g/mol. The van der Waals surface area contributed by atoms with Gasteiger partial charge < -0.3 is 5.73 Å². The van der Waals surface area contributed by atoms with Crippen molar-refractivity contribution in [3.63, 3.8) is 0 Å². The Morgan fingerprint density at radius 3 is 2.39 bits per heavy atom. The maximum absolute atomic E-state index is 13.7. The van der Waals surface area contributed by atoms with E-state index in [0.29, 0.717) is 11.3 Å². The molecule has 0 fully saturated rings. The standard InChI is InChI=1S/C24H19N5O4/c25-20-15-9-3-5-11-17(15)26-22-19(20)21(16-10-4-6-12-18(16)29(32)33)27-23(30)13-7-1-2-8-14(13)24(31)28(22)27/h1-2,4,6-8,10,12,21H,3,5,9,11H2,(H2,25,26). The lowest BCUT2D eigenvalue weighted by atomic mass is 9.89. The second-order valence-corrected chi connectivity index (χ2v) is 8.43. The molecule has 0 spiro atoms. The van der Waals surface area contributed by atoms with Gasteiger partial charge in [0.25, 0.3) is 16.8 Å². The van der Waals surface area contributed by atoms with Crippen LogP contribution in [0.3, 0.4) is 0 Å². The zero-order valence-corrected chi connectivity index (χ0v) is 17.5. The van der Waals surface area contributed by atoms with Gasteiger partial charge in [-0.05, 0) is 49.4 Å². The van der Waals surface area contributed by atoms with E-state index >= 15 is 0 Å². The SMILES string of the molecule is Nc1c2c(nc3c1C(c1ccccc1[N+](=O)[O-])n1c(=O)c4ccccc4c(=O)n1-3)CCCC2. The number of rotatable bonds is 2. The van der Waals surface area contributed by atoms with Gasteiger partial charge in [-0.2, -0.15) is 4.68 Å². The van der Waals surface area contributed by atoms with Crippen LogP contribution in [0.25, 0.3) is 16.6 Å². The number of nitrogens with two attached hydrogens (primary N) is 1. The number of nitrogens with zero attached hydrogens (tertiary/aromatic N) is 4. The Kier molecular flexibility index (Phi) is 4.04. The lowest BCUT2D eigenvalue weighted by molar-refractivity contribution is -0.385. The number of nitro groups is 1. The summed E-state index contributed by atoms with van der Waals surface area (Å²) >= 11 is 0. The molecule has 2 N–H and O–H groups in total. The summed E-state index contributed by atoms with van der Waals surface area (Å²) in [5, 5.41) is 12.4. The normalized spacial score (nSPS) is 16.3. The summed E-state index contributed by atoms with van der Waals surface area (Å²) in [6.45, 7) is 0. The third kappa shape index (κ3) is 2.56. The predicted octanol–water partition coefficient (Wildman–Crippen LogP) is 2.87. The molecule has 33 heavy (non-hydrogen) atoms. The highest BCUT2D eigenvalue weighted by molar-refractivity contribution is 5.81. The first kappa shape index (κ1) is 19.4. The van der Waals surface area contributed by atoms with Crippen LogP contribution in [0, 0.1) is 10.1 Å². The number of anilines is 1. The molecule has 4 aromatic rings. The molecule has 9 heteroatoms. The summed E-state index contributed by atoms with van der Waals surface area (Å²) in [6.07, 6.45) is 3.40. The Hall–Kier alpha value is -4.27. The highest BCUT2D eigenvalue weighted by Gasteiger charge is 2.40. The molecule has 9 nitrogen and oxygen atoms in total. The van der Waals surface area contributed by atoms with Crippen LogP contribution in [-0.4, -0.2) is 19.3 Å². The van der Waals surface area contributed by atoms with Gasteiger partial charge in [0, 0.05) is 23.0 Å². The monoisotopic (exact) mass is 441 g/mol. The van der Waals surface area contributed by atoms with Crippen molar-refractivity contribution in [1.82, 2.24) is 14.3 Å². The van der Waals surface area contributed by atoms with Crippen molar-refractivity contribution >= 4 is 22.1 Å². The van der Waals surface area contributed by atoms with Gasteiger partial charge in [0.2, 0.25) is 0 Å². The second kappa shape index (κ2) is 6.86. The number of aryl methyl sites for hydroxylation is 1. The molecule has 0 saturated carbocycles. The Bertz CT molecular complexity index is 1620. The maximum Gasteiger partial charge on any atom is 0.279 e. The van der Waals surface area contributed by atoms with E-state index in [4.69, 9.17) is 10.7 Å². The van der Waals surface area contributed by atoms with Gasteiger partial charge >= 0.3 is 0 Å². The van der Waals surface area contributed by atoms with E-state index in [9.17, 15) is 19.7 Å². The summed E-state index contributed by atoms with van der Waals surface area (Å²) in [5.41, 5.74) is 8.63. The van der Waals surface area contributed by atoms with Crippen molar-refractivity contribution in [1.29, 1.82) is 0 Å². The van der Waals surface area contributed by atoms with Gasteiger partial charge in [-0.3, -0.25) is 19.7 Å². The second-order valence-electron chi connectivity index (χ2n) is 8.43. The summed E-state index contributed by atoms with van der Waals surface area (Å²) < 4.78 is 2.54. The lowest BCUT2D eigenvalue weighted by Crippen LogP contribution is -2.36. The van der Waals surface area contributed by atoms with Gasteiger partial charge in [-0.25, -0.2) is 9.67 Å². The predicted molar refractivity (Wildman–Crippen MR) is 123 cm³/mol. The lowest BCUT2D eigenvalue weighted by Gasteiger charge is -2.21. The molecule has 6 rings (SSSR count). The van der Waals surface area contributed by atoms with Gasteiger partial charge in [0.15, 0.2) is 5.82 Å². The van der Waals surface area contributed by atoms with Crippen LogP contribution < -0.4 is 16.9 Å². The van der Waals surface area contributed by atoms with E-state index in [0.717, 1.165) is 36.9 Å². The average molecular weight is 441 g/mol. The van der Waals surface area contributed by atoms with Crippen LogP contribution in [0.1, 0.15) is 41.3 Å². The maximum atomic E-state index is 13.7.